The molecule has 1 aliphatic rings. The van der Waals surface area contributed by atoms with Gasteiger partial charge in [-0.3, -0.25) is 4.79 Å². The highest BCUT2D eigenvalue weighted by Gasteiger charge is 2.45. The molecule has 0 aliphatic carbocycles. The first-order chi connectivity index (χ1) is 20.0. The van der Waals surface area contributed by atoms with E-state index in [9.17, 15) is 40.5 Å². The van der Waals surface area contributed by atoms with Gasteiger partial charge in [-0.25, -0.2) is 0 Å². The molecule has 1 heterocycles. The van der Waals surface area contributed by atoms with E-state index in [-0.39, 0.29) is 41.6 Å². The van der Waals surface area contributed by atoms with Gasteiger partial charge >= 0.3 is 5.97 Å². The minimum Gasteiger partial charge on any atom is -0.508 e. The number of aliphatic hydroxyl groups is 3. The highest BCUT2D eigenvalue weighted by molar-refractivity contribution is 5.69. The third-order valence-corrected chi connectivity index (χ3v) is 6.88. The van der Waals surface area contributed by atoms with Crippen molar-refractivity contribution in [2.24, 2.45) is 0 Å². The molecule has 3 aromatic carbocycles. The van der Waals surface area contributed by atoms with Gasteiger partial charge in [0.05, 0.1) is 7.11 Å². The van der Waals surface area contributed by atoms with Crippen LogP contribution < -0.4 is 9.47 Å². The van der Waals surface area contributed by atoms with Crippen LogP contribution in [0.25, 0.3) is 0 Å². The zero-order valence-electron chi connectivity index (χ0n) is 22.8. The van der Waals surface area contributed by atoms with Crippen LogP contribution in [0, 0.1) is 0 Å². The molecule has 1 aliphatic heterocycles. The molecule has 0 unspecified atom stereocenters. The van der Waals surface area contributed by atoms with Crippen molar-refractivity contribution in [2.45, 2.75) is 56.4 Å². The van der Waals surface area contributed by atoms with Crippen molar-refractivity contribution >= 4 is 5.97 Å². The van der Waals surface area contributed by atoms with Gasteiger partial charge in [0.2, 0.25) is 6.29 Å². The summed E-state index contributed by atoms with van der Waals surface area (Å²) in [7, 11) is 1.46. The monoisotopic (exact) mass is 586 g/mol. The predicted octanol–water partition coefficient (Wildman–Crippen LogP) is 1.67. The molecule has 226 valence electrons. The second-order valence-electron chi connectivity index (χ2n) is 9.98. The number of benzene rings is 3. The first kappa shape index (κ1) is 30.7. The van der Waals surface area contributed by atoms with Crippen molar-refractivity contribution in [1.29, 1.82) is 0 Å². The molecule has 1 saturated heterocycles. The van der Waals surface area contributed by atoms with Gasteiger partial charge in [-0.1, -0.05) is 12.1 Å². The predicted molar refractivity (Wildman–Crippen MR) is 147 cm³/mol. The molecule has 42 heavy (non-hydrogen) atoms. The molecule has 0 amide bonds. The molecule has 12 heteroatoms. The minimum absolute atomic E-state index is 0.0111. The Bertz CT molecular complexity index is 1380. The summed E-state index contributed by atoms with van der Waals surface area (Å²) in [5.41, 5.74) is 2.11. The normalized spacial score (nSPS) is 22.0. The van der Waals surface area contributed by atoms with E-state index >= 15 is 0 Å². The maximum atomic E-state index is 12.3. The Morgan fingerprint density at radius 1 is 0.762 bits per heavy atom. The van der Waals surface area contributed by atoms with Crippen LogP contribution in [-0.4, -0.2) is 86.1 Å². The van der Waals surface area contributed by atoms with Crippen LogP contribution in [0.15, 0.2) is 54.6 Å². The van der Waals surface area contributed by atoms with E-state index in [1.807, 2.05) is 6.07 Å². The van der Waals surface area contributed by atoms with Crippen molar-refractivity contribution in [2.75, 3.05) is 13.7 Å². The number of hydrogen-bond donors (Lipinski definition) is 7. The molecule has 1 fully saturated rings. The van der Waals surface area contributed by atoms with Gasteiger partial charge in [0.25, 0.3) is 0 Å². The van der Waals surface area contributed by atoms with Crippen LogP contribution in [0.2, 0.25) is 0 Å². The molecule has 0 aromatic heterocycles. The van der Waals surface area contributed by atoms with Crippen LogP contribution >= 0.6 is 0 Å². The Kier molecular flexibility index (Phi) is 9.96. The lowest BCUT2D eigenvalue weighted by atomic mass is 9.99. The summed E-state index contributed by atoms with van der Waals surface area (Å²) in [4.78, 5) is 12.3. The fraction of sp³-hybridized carbons (Fsp3) is 0.367. The standard InChI is InChI=1S/C30H34O12/c1-39-24-8-5-16(13-23(24)34)2-3-18-10-19(31)14-20(11-18)41-30-29(38)28(37)27(36)25(42-30)15-40-26(35)9-6-17-4-7-21(32)22(33)12-17/h4-5,7-8,10-14,25,27-34,36-38H,2-3,6,9,15H2,1H3/t25-,27-,28+,29-,30-/m1/s1. The van der Waals surface area contributed by atoms with Gasteiger partial charge < -0.3 is 54.7 Å². The topological polar surface area (TPSA) is 196 Å². The molecular formula is C30H34O12. The number of ether oxygens (including phenoxy) is 4. The number of phenols is 4. The van der Waals surface area contributed by atoms with Gasteiger partial charge in [0.15, 0.2) is 23.0 Å². The largest absolute Gasteiger partial charge is 0.508 e. The fourth-order valence-corrected chi connectivity index (χ4v) is 4.54. The SMILES string of the molecule is COc1ccc(CCc2cc(O)cc(O[C@@H]3O[C@H](COC(=O)CCc4ccc(O)c(O)c4)[C@@H](O)[C@H](O)[C@H]3O)c2)cc1O. The molecule has 0 radical (unpaired) electrons. The molecule has 4 rings (SSSR count). The maximum absolute atomic E-state index is 12.3. The van der Waals surface area contributed by atoms with E-state index < -0.39 is 43.3 Å². The highest BCUT2D eigenvalue weighted by Crippen LogP contribution is 2.30. The molecule has 3 aromatic rings. The summed E-state index contributed by atoms with van der Waals surface area (Å²) < 4.78 is 21.6. The zero-order chi connectivity index (χ0) is 30.4. The van der Waals surface area contributed by atoms with Gasteiger partial charge in [-0.15, -0.1) is 0 Å². The van der Waals surface area contributed by atoms with Gasteiger partial charge in [0, 0.05) is 12.5 Å². The Morgan fingerprint density at radius 2 is 1.45 bits per heavy atom. The highest BCUT2D eigenvalue weighted by atomic mass is 16.7. The number of aromatic hydroxyl groups is 4. The smallest absolute Gasteiger partial charge is 0.306 e. The average Bonchev–Trinajstić information content (AvgIpc) is 2.96. The van der Waals surface area contributed by atoms with E-state index in [0.717, 1.165) is 5.56 Å². The summed E-state index contributed by atoms with van der Waals surface area (Å²) >= 11 is 0. The second kappa shape index (κ2) is 13.6. The van der Waals surface area contributed by atoms with Gasteiger partial charge in [-0.2, -0.15) is 0 Å². The third-order valence-electron chi connectivity index (χ3n) is 6.88. The summed E-state index contributed by atoms with van der Waals surface area (Å²) in [6.45, 7) is -0.440. The molecule has 0 spiro atoms. The molecule has 7 N–H and O–H groups in total. The Balaban J connectivity index is 1.34. The van der Waals surface area contributed by atoms with Crippen LogP contribution in [0.4, 0.5) is 0 Å². The number of phenolic OH excluding ortho intramolecular Hbond substituents is 4. The number of esters is 1. The minimum atomic E-state index is -1.67. The number of aliphatic hydroxyl groups excluding tert-OH is 3. The number of rotatable bonds is 11. The number of carbonyl (C=O) groups excluding carboxylic acids is 1. The molecular weight excluding hydrogens is 552 g/mol. The Morgan fingerprint density at radius 3 is 2.17 bits per heavy atom. The zero-order valence-corrected chi connectivity index (χ0v) is 22.8. The average molecular weight is 587 g/mol. The third kappa shape index (κ3) is 7.74. The van der Waals surface area contributed by atoms with Crippen molar-refractivity contribution in [1.82, 2.24) is 0 Å². The number of hydrogen-bond acceptors (Lipinski definition) is 12. The van der Waals surface area contributed by atoms with Crippen molar-refractivity contribution in [3.8, 4) is 34.5 Å². The lowest BCUT2D eigenvalue weighted by molar-refractivity contribution is -0.278. The van der Waals surface area contributed by atoms with Crippen molar-refractivity contribution in [3.05, 3.63) is 71.3 Å². The van der Waals surface area contributed by atoms with Crippen LogP contribution in [-0.2, 0) is 33.5 Å². The first-order valence-corrected chi connectivity index (χ1v) is 13.3. The lowest BCUT2D eigenvalue weighted by Gasteiger charge is -2.39. The summed E-state index contributed by atoms with van der Waals surface area (Å²) in [6, 6.07) is 13.7. The fourth-order valence-electron chi connectivity index (χ4n) is 4.54. The lowest BCUT2D eigenvalue weighted by Crippen LogP contribution is -2.60. The molecule has 0 saturated carbocycles. The first-order valence-electron chi connectivity index (χ1n) is 13.3. The maximum Gasteiger partial charge on any atom is 0.306 e. The van der Waals surface area contributed by atoms with Crippen molar-refractivity contribution < 1.29 is 59.5 Å². The molecule has 5 atom stereocenters. The van der Waals surface area contributed by atoms with E-state index in [2.05, 4.69) is 0 Å². The number of methoxy groups -OCH3 is 1. The summed E-state index contributed by atoms with van der Waals surface area (Å²) in [6.07, 6.45) is -6.46. The van der Waals surface area contributed by atoms with E-state index in [1.165, 1.54) is 31.4 Å². The number of carbonyl (C=O) groups is 1. The molecule has 0 bridgehead atoms. The van der Waals surface area contributed by atoms with E-state index in [1.54, 1.807) is 24.3 Å². The molecule has 12 nitrogen and oxygen atoms in total. The van der Waals surface area contributed by atoms with Crippen molar-refractivity contribution in [3.63, 3.8) is 0 Å². The van der Waals surface area contributed by atoms with E-state index in [0.29, 0.717) is 29.7 Å². The van der Waals surface area contributed by atoms with E-state index in [4.69, 9.17) is 18.9 Å². The second-order valence-corrected chi connectivity index (χ2v) is 9.98. The quantitative estimate of drug-likeness (QED) is 0.127. The van der Waals surface area contributed by atoms with Gasteiger partial charge in [0.1, 0.15) is 42.5 Å². The van der Waals surface area contributed by atoms with Gasteiger partial charge in [-0.05, 0) is 72.4 Å². The number of aryl methyl sites for hydroxylation is 3. The van der Waals surface area contributed by atoms with Crippen LogP contribution in [0.5, 0.6) is 34.5 Å². The summed E-state index contributed by atoms with van der Waals surface area (Å²) in [5, 5.41) is 70.5. The Labute approximate surface area is 241 Å². The summed E-state index contributed by atoms with van der Waals surface area (Å²) in [5.74, 6) is -0.848. The Hall–Kier alpha value is -4.23. The van der Waals surface area contributed by atoms with Crippen LogP contribution in [0.1, 0.15) is 23.1 Å². The van der Waals surface area contributed by atoms with Crippen LogP contribution in [0.3, 0.4) is 0 Å².